The Bertz CT molecular complexity index is 473. The SMILES string of the molecule is CC(=O)NC1CCN(C(C)c2cc(C)ccc2O)C1. The van der Waals surface area contributed by atoms with Crippen LogP contribution in [0.15, 0.2) is 18.2 Å². The van der Waals surface area contributed by atoms with Gasteiger partial charge in [-0.15, -0.1) is 0 Å². The van der Waals surface area contributed by atoms with Gasteiger partial charge in [0.15, 0.2) is 0 Å². The Morgan fingerprint density at radius 3 is 2.95 bits per heavy atom. The lowest BCUT2D eigenvalue weighted by atomic mass is 10.0. The van der Waals surface area contributed by atoms with Crippen molar-refractivity contribution >= 4 is 5.91 Å². The Labute approximate surface area is 114 Å². The molecule has 1 amide bonds. The fraction of sp³-hybridized carbons (Fsp3) is 0.533. The third-order valence-corrected chi connectivity index (χ3v) is 3.81. The maximum absolute atomic E-state index is 11.1. The van der Waals surface area contributed by atoms with Gasteiger partial charge in [0.2, 0.25) is 5.91 Å². The van der Waals surface area contributed by atoms with E-state index in [-0.39, 0.29) is 18.0 Å². The minimum atomic E-state index is 0.0258. The van der Waals surface area contributed by atoms with Crippen molar-refractivity contribution in [3.63, 3.8) is 0 Å². The number of carbonyl (C=O) groups excluding carboxylic acids is 1. The zero-order valence-electron chi connectivity index (χ0n) is 11.8. The van der Waals surface area contributed by atoms with Crippen LogP contribution in [0, 0.1) is 6.92 Å². The molecular weight excluding hydrogens is 240 g/mol. The summed E-state index contributed by atoms with van der Waals surface area (Å²) in [6, 6.07) is 6.09. The molecule has 1 fully saturated rings. The Morgan fingerprint density at radius 2 is 2.26 bits per heavy atom. The number of hydrogen-bond donors (Lipinski definition) is 2. The topological polar surface area (TPSA) is 52.6 Å². The molecule has 0 radical (unpaired) electrons. The third-order valence-electron chi connectivity index (χ3n) is 3.81. The van der Waals surface area contributed by atoms with Gasteiger partial charge in [-0.25, -0.2) is 0 Å². The fourth-order valence-corrected chi connectivity index (χ4v) is 2.75. The molecule has 4 nitrogen and oxygen atoms in total. The highest BCUT2D eigenvalue weighted by Crippen LogP contribution is 2.31. The van der Waals surface area contributed by atoms with E-state index in [0.29, 0.717) is 5.75 Å². The minimum Gasteiger partial charge on any atom is -0.508 e. The number of nitrogens with zero attached hydrogens (tertiary/aromatic N) is 1. The molecule has 2 N–H and O–H groups in total. The van der Waals surface area contributed by atoms with Crippen LogP contribution in [-0.2, 0) is 4.79 Å². The van der Waals surface area contributed by atoms with Crippen molar-refractivity contribution in [1.82, 2.24) is 10.2 Å². The predicted molar refractivity (Wildman–Crippen MR) is 75.1 cm³/mol. The Kier molecular flexibility index (Phi) is 4.10. The van der Waals surface area contributed by atoms with E-state index in [4.69, 9.17) is 0 Å². The molecule has 0 spiro atoms. The first-order valence-corrected chi connectivity index (χ1v) is 6.78. The summed E-state index contributed by atoms with van der Waals surface area (Å²) in [7, 11) is 0. The first-order valence-electron chi connectivity index (χ1n) is 6.78. The van der Waals surface area contributed by atoms with Crippen LogP contribution in [0.4, 0.5) is 0 Å². The van der Waals surface area contributed by atoms with Crippen molar-refractivity contribution in [2.24, 2.45) is 0 Å². The van der Waals surface area contributed by atoms with Crippen LogP contribution >= 0.6 is 0 Å². The largest absolute Gasteiger partial charge is 0.508 e. The summed E-state index contributed by atoms with van der Waals surface area (Å²) in [5.74, 6) is 0.374. The molecule has 2 atom stereocenters. The monoisotopic (exact) mass is 262 g/mol. The molecule has 4 heteroatoms. The molecule has 104 valence electrons. The average molecular weight is 262 g/mol. The first-order chi connectivity index (χ1) is 8.97. The van der Waals surface area contributed by atoms with Gasteiger partial charge in [0, 0.05) is 37.7 Å². The smallest absolute Gasteiger partial charge is 0.217 e. The molecule has 19 heavy (non-hydrogen) atoms. The summed E-state index contributed by atoms with van der Waals surface area (Å²) >= 11 is 0. The lowest BCUT2D eigenvalue weighted by molar-refractivity contribution is -0.119. The summed E-state index contributed by atoms with van der Waals surface area (Å²) < 4.78 is 0. The predicted octanol–water partition coefficient (Wildman–Crippen LogP) is 1.97. The number of phenols is 1. The first kappa shape index (κ1) is 13.9. The molecule has 0 aromatic heterocycles. The molecule has 1 aliphatic heterocycles. The van der Waals surface area contributed by atoms with E-state index in [9.17, 15) is 9.90 Å². The number of aromatic hydroxyl groups is 1. The van der Waals surface area contributed by atoms with Gasteiger partial charge < -0.3 is 10.4 Å². The molecule has 1 heterocycles. The van der Waals surface area contributed by atoms with Gasteiger partial charge in [-0.2, -0.15) is 0 Å². The number of hydrogen-bond acceptors (Lipinski definition) is 3. The standard InChI is InChI=1S/C15H22N2O2/c1-10-4-5-15(19)14(8-10)11(2)17-7-6-13(9-17)16-12(3)18/h4-5,8,11,13,19H,6-7,9H2,1-3H3,(H,16,18). The number of nitrogens with one attached hydrogen (secondary N) is 1. The number of aryl methyl sites for hydroxylation is 1. The number of rotatable bonds is 3. The molecule has 1 aliphatic rings. The average Bonchev–Trinajstić information content (AvgIpc) is 2.79. The van der Waals surface area contributed by atoms with E-state index in [2.05, 4.69) is 17.1 Å². The summed E-state index contributed by atoms with van der Waals surface area (Å²) in [6.07, 6.45) is 0.969. The highest BCUT2D eigenvalue weighted by molar-refractivity contribution is 5.73. The second-order valence-corrected chi connectivity index (χ2v) is 5.42. The Morgan fingerprint density at radius 1 is 1.53 bits per heavy atom. The van der Waals surface area contributed by atoms with Crippen molar-refractivity contribution < 1.29 is 9.90 Å². The summed E-state index contributed by atoms with van der Waals surface area (Å²) in [5, 5.41) is 12.9. The second-order valence-electron chi connectivity index (χ2n) is 5.42. The summed E-state index contributed by atoms with van der Waals surface area (Å²) in [5.41, 5.74) is 2.11. The van der Waals surface area contributed by atoms with E-state index in [1.807, 2.05) is 19.1 Å². The number of phenolic OH excluding ortho intramolecular Hbond substituents is 1. The number of benzene rings is 1. The molecule has 2 unspecified atom stereocenters. The van der Waals surface area contributed by atoms with Crippen LogP contribution in [-0.4, -0.2) is 35.0 Å². The highest BCUT2D eigenvalue weighted by Gasteiger charge is 2.28. The molecule has 2 rings (SSSR count). The van der Waals surface area contributed by atoms with Crippen LogP contribution in [0.25, 0.3) is 0 Å². The van der Waals surface area contributed by atoms with Crippen molar-refractivity contribution in [3.8, 4) is 5.75 Å². The van der Waals surface area contributed by atoms with E-state index < -0.39 is 0 Å². The van der Waals surface area contributed by atoms with E-state index in [1.165, 1.54) is 0 Å². The van der Waals surface area contributed by atoms with Gasteiger partial charge in [-0.05, 0) is 26.3 Å². The molecule has 1 saturated heterocycles. The molecule has 0 bridgehead atoms. The van der Waals surface area contributed by atoms with Crippen LogP contribution in [0.1, 0.15) is 37.4 Å². The molecule has 0 aliphatic carbocycles. The van der Waals surface area contributed by atoms with Gasteiger partial charge in [-0.3, -0.25) is 9.69 Å². The van der Waals surface area contributed by atoms with Gasteiger partial charge in [0.25, 0.3) is 0 Å². The van der Waals surface area contributed by atoms with Gasteiger partial charge in [-0.1, -0.05) is 17.7 Å². The van der Waals surface area contributed by atoms with Crippen LogP contribution in [0.2, 0.25) is 0 Å². The molecular formula is C15H22N2O2. The minimum absolute atomic E-state index is 0.0258. The van der Waals surface area contributed by atoms with Gasteiger partial charge in [0.1, 0.15) is 5.75 Å². The van der Waals surface area contributed by atoms with E-state index in [1.54, 1.807) is 13.0 Å². The number of amides is 1. The van der Waals surface area contributed by atoms with E-state index in [0.717, 1.165) is 30.6 Å². The van der Waals surface area contributed by atoms with Crippen molar-refractivity contribution in [2.45, 2.75) is 39.3 Å². The molecule has 1 aromatic rings. The maximum atomic E-state index is 11.1. The fourth-order valence-electron chi connectivity index (χ4n) is 2.75. The summed E-state index contributed by atoms with van der Waals surface area (Å²) in [6.45, 7) is 7.47. The normalized spacial score (nSPS) is 21.3. The lowest BCUT2D eigenvalue weighted by Gasteiger charge is -2.25. The highest BCUT2D eigenvalue weighted by atomic mass is 16.3. The van der Waals surface area contributed by atoms with Gasteiger partial charge >= 0.3 is 0 Å². The number of carbonyl (C=O) groups is 1. The van der Waals surface area contributed by atoms with Crippen molar-refractivity contribution in [1.29, 1.82) is 0 Å². The summed E-state index contributed by atoms with van der Waals surface area (Å²) in [4.78, 5) is 13.4. The van der Waals surface area contributed by atoms with Crippen molar-refractivity contribution in [2.75, 3.05) is 13.1 Å². The Hall–Kier alpha value is -1.55. The Balaban J connectivity index is 2.06. The van der Waals surface area contributed by atoms with E-state index >= 15 is 0 Å². The zero-order valence-corrected chi connectivity index (χ0v) is 11.8. The zero-order chi connectivity index (χ0) is 14.0. The van der Waals surface area contributed by atoms with Crippen LogP contribution in [0.5, 0.6) is 5.75 Å². The molecule has 1 aromatic carbocycles. The van der Waals surface area contributed by atoms with Gasteiger partial charge in [0.05, 0.1) is 0 Å². The maximum Gasteiger partial charge on any atom is 0.217 e. The molecule has 0 saturated carbocycles. The lowest BCUT2D eigenvalue weighted by Crippen LogP contribution is -2.36. The van der Waals surface area contributed by atoms with Crippen LogP contribution in [0.3, 0.4) is 0 Å². The number of likely N-dealkylation sites (tertiary alicyclic amines) is 1. The third kappa shape index (κ3) is 3.26. The second kappa shape index (κ2) is 5.61. The quantitative estimate of drug-likeness (QED) is 0.875. The van der Waals surface area contributed by atoms with Crippen LogP contribution < -0.4 is 5.32 Å². The van der Waals surface area contributed by atoms with Crippen molar-refractivity contribution in [3.05, 3.63) is 29.3 Å².